The molecule has 2 aliphatic heterocycles. The monoisotopic (exact) mass is 945 g/mol. The van der Waals surface area contributed by atoms with Crippen LogP contribution in [0.4, 0.5) is 34.1 Å². The van der Waals surface area contributed by atoms with E-state index in [1.54, 1.807) is 0 Å². The first kappa shape index (κ1) is 47.8. The van der Waals surface area contributed by atoms with Gasteiger partial charge in [-0.25, -0.2) is 0 Å². The van der Waals surface area contributed by atoms with Gasteiger partial charge in [-0.2, -0.15) is 0 Å². The van der Waals surface area contributed by atoms with E-state index >= 15 is 0 Å². The highest BCUT2D eigenvalue weighted by atomic mass is 32.1. The predicted molar refractivity (Wildman–Crippen MR) is 310 cm³/mol. The van der Waals surface area contributed by atoms with Crippen LogP contribution in [0.5, 0.6) is 0 Å². The van der Waals surface area contributed by atoms with E-state index in [-0.39, 0.29) is 33.8 Å². The maximum absolute atomic E-state index is 2.70. The Hall–Kier alpha value is -4.84. The summed E-state index contributed by atoms with van der Waals surface area (Å²) in [6.07, 6.45) is 2.39. The van der Waals surface area contributed by atoms with Crippen LogP contribution >= 0.6 is 11.3 Å². The van der Waals surface area contributed by atoms with Gasteiger partial charge < -0.3 is 9.80 Å². The van der Waals surface area contributed by atoms with Gasteiger partial charge in [0.15, 0.2) is 0 Å². The molecule has 3 aliphatic rings. The Bertz CT molecular complexity index is 3170. The summed E-state index contributed by atoms with van der Waals surface area (Å²) >= 11 is 2.05. The lowest BCUT2D eigenvalue weighted by Gasteiger charge is -2.45. The van der Waals surface area contributed by atoms with Gasteiger partial charge in [0, 0.05) is 43.2 Å². The Labute approximate surface area is 421 Å². The lowest BCUT2D eigenvalue weighted by Crippen LogP contribution is -2.60. The maximum Gasteiger partial charge on any atom is 0.264 e. The first-order chi connectivity index (χ1) is 32.0. The highest BCUT2D eigenvalue weighted by molar-refractivity contribution is 7.33. The van der Waals surface area contributed by atoms with Crippen LogP contribution in [0.25, 0.3) is 21.2 Å². The van der Waals surface area contributed by atoms with Crippen LogP contribution in [0.1, 0.15) is 156 Å². The fraction of sp³-hybridized carbons (Fsp3) is 0.406. The van der Waals surface area contributed by atoms with Gasteiger partial charge in [-0.05, 0) is 150 Å². The Balaban J connectivity index is 1.35. The maximum atomic E-state index is 2.70. The molecule has 0 amide bonds. The van der Waals surface area contributed by atoms with E-state index in [0.717, 1.165) is 0 Å². The zero-order chi connectivity index (χ0) is 49.7. The van der Waals surface area contributed by atoms with Crippen molar-refractivity contribution in [1.29, 1.82) is 0 Å². The summed E-state index contributed by atoms with van der Waals surface area (Å²) < 4.78 is 2.85. The molecular formula is C64H77BN2SSi. The van der Waals surface area contributed by atoms with Crippen LogP contribution < -0.4 is 30.7 Å². The molecule has 0 spiro atoms. The van der Waals surface area contributed by atoms with E-state index in [1.165, 1.54) is 122 Å². The lowest BCUT2D eigenvalue weighted by molar-refractivity contribution is 0.332. The van der Waals surface area contributed by atoms with Crippen molar-refractivity contribution in [2.45, 2.75) is 169 Å². The second-order valence-electron chi connectivity index (χ2n) is 26.8. The average molecular weight is 945 g/mol. The molecule has 0 saturated heterocycles. The van der Waals surface area contributed by atoms with Crippen LogP contribution in [0.3, 0.4) is 0 Å². The standard InChI is InChI=1S/C64H77BN2SSi/c1-39(2)41-21-29-53-51(33-41)65-57-54(35-44(62(9,10)11)36-55(57)67(53)52-30-24-43(61(6,7)8)34-47(52)40-19-27-46(28-20-40)69(16,17)18)66(45-25-22-42(23-26-45)60(3,4)5)58-48-37-49-50(38-56(48)68-59(58)65)64(14,15)32-31-63(49,12)13/h19-30,33-39H,31-32H2,1-18H3. The summed E-state index contributed by atoms with van der Waals surface area (Å²) in [6.45, 7) is 43.2. The Kier molecular flexibility index (Phi) is 11.0. The molecule has 5 heteroatoms. The Morgan fingerprint density at radius 1 is 0.565 bits per heavy atom. The van der Waals surface area contributed by atoms with E-state index in [9.17, 15) is 0 Å². The van der Waals surface area contributed by atoms with Crippen molar-refractivity contribution in [3.63, 3.8) is 0 Å². The summed E-state index contributed by atoms with van der Waals surface area (Å²) in [6, 6.07) is 44.5. The van der Waals surface area contributed by atoms with Gasteiger partial charge in [-0.15, -0.1) is 11.3 Å². The number of thiophene rings is 1. The van der Waals surface area contributed by atoms with Crippen molar-refractivity contribution in [3.8, 4) is 11.1 Å². The third-order valence-corrected chi connectivity index (χ3v) is 19.6. The van der Waals surface area contributed by atoms with Crippen LogP contribution in [0.15, 0.2) is 109 Å². The molecule has 2 nitrogen and oxygen atoms in total. The number of benzene rings is 6. The SMILES string of the molecule is CC(C)c1ccc2c(c1)B1c3sc4cc5c(cc4c3N(c3ccc(C(C)(C)C)cc3)c3cc(C(C)(C)C)cc(c31)N2c1ccc(C(C)(C)C)cc1-c1ccc([Si](C)(C)C)cc1)C(C)(C)CCC5(C)C. The van der Waals surface area contributed by atoms with Crippen LogP contribution in [0.2, 0.25) is 19.6 Å². The number of fused-ring (bicyclic) bond motifs is 7. The molecular weight excluding hydrogens is 868 g/mol. The molecule has 356 valence electrons. The van der Waals surface area contributed by atoms with E-state index in [4.69, 9.17) is 0 Å². The van der Waals surface area contributed by atoms with Crippen molar-refractivity contribution in [3.05, 3.63) is 143 Å². The van der Waals surface area contributed by atoms with Crippen LogP contribution in [-0.2, 0) is 27.1 Å². The van der Waals surface area contributed by atoms with Gasteiger partial charge in [-0.3, -0.25) is 0 Å². The number of nitrogens with zero attached hydrogens (tertiary/aromatic N) is 2. The van der Waals surface area contributed by atoms with Gasteiger partial charge in [-0.1, -0.05) is 183 Å². The molecule has 69 heavy (non-hydrogen) atoms. The summed E-state index contributed by atoms with van der Waals surface area (Å²) in [7, 11) is -1.51. The second-order valence-corrected chi connectivity index (χ2v) is 33.0. The summed E-state index contributed by atoms with van der Waals surface area (Å²) in [4.78, 5) is 5.38. The third kappa shape index (κ3) is 7.97. The largest absolute Gasteiger partial charge is 0.311 e. The van der Waals surface area contributed by atoms with Crippen molar-refractivity contribution in [1.82, 2.24) is 0 Å². The zero-order valence-electron chi connectivity index (χ0n) is 45.3. The third-order valence-electron chi connectivity index (χ3n) is 16.3. The van der Waals surface area contributed by atoms with Crippen molar-refractivity contribution in [2.24, 2.45) is 0 Å². The molecule has 0 radical (unpaired) electrons. The smallest absolute Gasteiger partial charge is 0.264 e. The molecule has 0 unspecified atom stereocenters. The van der Waals surface area contributed by atoms with Gasteiger partial charge in [0.05, 0.1) is 19.4 Å². The van der Waals surface area contributed by atoms with E-state index in [1.807, 2.05) is 0 Å². The Morgan fingerprint density at radius 2 is 1.12 bits per heavy atom. The topological polar surface area (TPSA) is 6.48 Å². The quantitative estimate of drug-likeness (QED) is 0.159. The molecule has 0 fully saturated rings. The molecule has 7 aromatic rings. The molecule has 3 heterocycles. The van der Waals surface area contributed by atoms with Crippen molar-refractivity contribution < 1.29 is 0 Å². The predicted octanol–water partition coefficient (Wildman–Crippen LogP) is 16.6. The van der Waals surface area contributed by atoms with E-state index in [2.05, 4.69) is 254 Å². The van der Waals surface area contributed by atoms with Crippen molar-refractivity contribution >= 4 is 91.2 Å². The first-order valence-electron chi connectivity index (χ1n) is 25.9. The number of anilines is 6. The highest BCUT2D eigenvalue weighted by Gasteiger charge is 2.47. The van der Waals surface area contributed by atoms with Crippen LogP contribution in [-0.4, -0.2) is 14.8 Å². The minimum Gasteiger partial charge on any atom is -0.311 e. The van der Waals surface area contributed by atoms with Crippen LogP contribution in [0, 0.1) is 0 Å². The van der Waals surface area contributed by atoms with Gasteiger partial charge in [0.1, 0.15) is 0 Å². The molecule has 1 aromatic heterocycles. The first-order valence-corrected chi connectivity index (χ1v) is 30.3. The molecule has 0 atom stereocenters. The lowest BCUT2D eigenvalue weighted by atomic mass is 9.36. The molecule has 0 saturated carbocycles. The van der Waals surface area contributed by atoms with Gasteiger partial charge in [0.2, 0.25) is 0 Å². The van der Waals surface area contributed by atoms with Crippen molar-refractivity contribution in [2.75, 3.05) is 9.80 Å². The van der Waals surface area contributed by atoms with Gasteiger partial charge >= 0.3 is 0 Å². The zero-order valence-corrected chi connectivity index (χ0v) is 47.1. The molecule has 10 rings (SSSR count). The fourth-order valence-corrected chi connectivity index (χ4v) is 14.1. The minimum absolute atomic E-state index is 0.0157. The summed E-state index contributed by atoms with van der Waals surface area (Å²) in [5, 5.41) is 2.88. The minimum atomic E-state index is -1.51. The van der Waals surface area contributed by atoms with Gasteiger partial charge in [0.25, 0.3) is 6.71 Å². The summed E-state index contributed by atoms with van der Waals surface area (Å²) in [5.74, 6) is 0.388. The molecule has 0 N–H and O–H groups in total. The second kappa shape index (κ2) is 15.8. The number of hydrogen-bond acceptors (Lipinski definition) is 3. The molecule has 1 aliphatic carbocycles. The average Bonchev–Trinajstić information content (AvgIpc) is 3.64. The van der Waals surface area contributed by atoms with E-state index in [0.29, 0.717) is 5.92 Å². The number of rotatable bonds is 5. The normalized spacial score (nSPS) is 16.4. The number of hydrogen-bond donors (Lipinski definition) is 0. The molecule has 6 aromatic carbocycles. The molecule has 0 bridgehead atoms. The van der Waals surface area contributed by atoms with E-state index < -0.39 is 8.07 Å². The highest BCUT2D eigenvalue weighted by Crippen LogP contribution is 2.54. The fourth-order valence-electron chi connectivity index (χ4n) is 11.6. The Morgan fingerprint density at radius 3 is 1.68 bits per heavy atom. The summed E-state index contributed by atoms with van der Waals surface area (Å²) in [5.41, 5.74) is 21.6.